The van der Waals surface area contributed by atoms with Crippen LogP contribution in [0.15, 0.2) is 66.7 Å². The molecule has 1 atom stereocenters. The Bertz CT molecular complexity index is 1200. The van der Waals surface area contributed by atoms with Gasteiger partial charge in [-0.2, -0.15) is 5.26 Å². The molecule has 0 bridgehead atoms. The van der Waals surface area contributed by atoms with Gasteiger partial charge in [-0.25, -0.2) is 4.39 Å². The molecule has 1 unspecified atom stereocenters. The van der Waals surface area contributed by atoms with E-state index in [1.807, 2.05) is 31.2 Å². The molecule has 4 rings (SSSR count). The first kappa shape index (κ1) is 20.3. The van der Waals surface area contributed by atoms with E-state index >= 15 is 0 Å². The van der Waals surface area contributed by atoms with E-state index in [1.165, 1.54) is 18.2 Å². The van der Waals surface area contributed by atoms with E-state index < -0.39 is 5.82 Å². The maximum absolute atomic E-state index is 13.5. The summed E-state index contributed by atoms with van der Waals surface area (Å²) in [6, 6.07) is 19.7. The van der Waals surface area contributed by atoms with Crippen LogP contribution in [0.1, 0.15) is 50.4 Å². The fourth-order valence-corrected chi connectivity index (χ4v) is 3.74. The molecule has 5 nitrogen and oxygen atoms in total. The van der Waals surface area contributed by atoms with Crippen LogP contribution >= 0.6 is 0 Å². The number of benzene rings is 3. The molecule has 1 heterocycles. The van der Waals surface area contributed by atoms with Crippen molar-refractivity contribution in [1.29, 1.82) is 5.26 Å². The van der Waals surface area contributed by atoms with Gasteiger partial charge in [0.15, 0.2) is 0 Å². The first-order chi connectivity index (χ1) is 15.0. The van der Waals surface area contributed by atoms with Crippen molar-refractivity contribution in [3.05, 3.63) is 100 Å². The van der Waals surface area contributed by atoms with Gasteiger partial charge in [-0.15, -0.1) is 0 Å². The molecule has 0 spiro atoms. The first-order valence-corrected chi connectivity index (χ1v) is 9.97. The van der Waals surface area contributed by atoms with Crippen LogP contribution in [0.25, 0.3) is 0 Å². The predicted octanol–water partition coefficient (Wildman–Crippen LogP) is 4.39. The Labute approximate surface area is 179 Å². The van der Waals surface area contributed by atoms with Crippen molar-refractivity contribution in [3.63, 3.8) is 0 Å². The number of nitriles is 1. The molecule has 0 fully saturated rings. The van der Waals surface area contributed by atoms with Gasteiger partial charge >= 0.3 is 0 Å². The zero-order valence-electron chi connectivity index (χ0n) is 16.9. The van der Waals surface area contributed by atoms with Gasteiger partial charge in [0.25, 0.3) is 11.8 Å². The van der Waals surface area contributed by atoms with E-state index in [4.69, 9.17) is 5.26 Å². The fraction of sp³-hybridized carbons (Fsp3) is 0.160. The van der Waals surface area contributed by atoms with E-state index in [9.17, 15) is 14.0 Å². The molecule has 3 aromatic carbocycles. The fourth-order valence-electron chi connectivity index (χ4n) is 3.74. The highest BCUT2D eigenvalue weighted by molar-refractivity contribution is 6.07. The lowest BCUT2D eigenvalue weighted by molar-refractivity contribution is 0.0938. The minimum absolute atomic E-state index is 0.222. The van der Waals surface area contributed by atoms with Gasteiger partial charge in [0.1, 0.15) is 5.82 Å². The molecule has 3 aromatic rings. The summed E-state index contributed by atoms with van der Waals surface area (Å²) in [6.45, 7) is 2.42. The molecule has 1 N–H and O–H groups in total. The number of amides is 2. The SMILES string of the molecule is CC(NC(=O)c1ccc(C#N)cc1)c1ccc2c(c1)CCN2C(=O)c1cccc(F)c1. The molecule has 1 aliphatic rings. The Morgan fingerprint density at radius 3 is 2.55 bits per heavy atom. The Kier molecular flexibility index (Phi) is 5.50. The third-order valence-electron chi connectivity index (χ3n) is 5.44. The van der Waals surface area contributed by atoms with Crippen molar-refractivity contribution in [2.75, 3.05) is 11.4 Å². The number of hydrogen-bond donors (Lipinski definition) is 1. The van der Waals surface area contributed by atoms with Crippen LogP contribution < -0.4 is 10.2 Å². The third kappa shape index (κ3) is 4.17. The predicted molar refractivity (Wildman–Crippen MR) is 115 cm³/mol. The Morgan fingerprint density at radius 1 is 1.06 bits per heavy atom. The smallest absolute Gasteiger partial charge is 0.258 e. The van der Waals surface area contributed by atoms with Gasteiger partial charge in [-0.3, -0.25) is 9.59 Å². The quantitative estimate of drug-likeness (QED) is 0.689. The molecule has 0 aromatic heterocycles. The number of nitrogens with one attached hydrogen (secondary N) is 1. The number of nitrogens with zero attached hydrogens (tertiary/aromatic N) is 2. The van der Waals surface area contributed by atoms with Crippen molar-refractivity contribution >= 4 is 17.5 Å². The molecular formula is C25H20FN3O2. The Morgan fingerprint density at radius 2 is 1.84 bits per heavy atom. The van der Waals surface area contributed by atoms with E-state index in [0.29, 0.717) is 29.7 Å². The molecular weight excluding hydrogens is 393 g/mol. The summed E-state index contributed by atoms with van der Waals surface area (Å²) in [4.78, 5) is 27.0. The lowest BCUT2D eigenvalue weighted by Gasteiger charge is -2.19. The van der Waals surface area contributed by atoms with Gasteiger partial charge < -0.3 is 10.2 Å². The number of hydrogen-bond acceptors (Lipinski definition) is 3. The largest absolute Gasteiger partial charge is 0.346 e. The van der Waals surface area contributed by atoms with E-state index in [1.54, 1.807) is 35.2 Å². The van der Waals surface area contributed by atoms with Crippen molar-refractivity contribution in [3.8, 4) is 6.07 Å². The summed E-state index contributed by atoms with van der Waals surface area (Å²) in [5, 5.41) is 11.8. The molecule has 0 saturated heterocycles. The maximum atomic E-state index is 13.5. The maximum Gasteiger partial charge on any atom is 0.258 e. The average Bonchev–Trinajstić information content (AvgIpc) is 3.21. The number of carbonyl (C=O) groups is 2. The molecule has 0 radical (unpaired) electrons. The summed E-state index contributed by atoms with van der Waals surface area (Å²) in [7, 11) is 0. The second-order valence-corrected chi connectivity index (χ2v) is 7.49. The van der Waals surface area contributed by atoms with Crippen LogP contribution in [0.3, 0.4) is 0 Å². The number of anilines is 1. The van der Waals surface area contributed by atoms with Crippen LogP contribution in [-0.2, 0) is 6.42 Å². The lowest BCUT2D eigenvalue weighted by Crippen LogP contribution is -2.29. The molecule has 6 heteroatoms. The number of rotatable bonds is 4. The summed E-state index contributed by atoms with van der Waals surface area (Å²) < 4.78 is 13.5. The first-order valence-electron chi connectivity index (χ1n) is 9.97. The van der Waals surface area contributed by atoms with Crippen LogP contribution in [0.5, 0.6) is 0 Å². The summed E-state index contributed by atoms with van der Waals surface area (Å²) in [5.74, 6) is -0.888. The highest BCUT2D eigenvalue weighted by Crippen LogP contribution is 2.32. The summed E-state index contributed by atoms with van der Waals surface area (Å²) in [5.41, 5.74) is 4.06. The molecule has 154 valence electrons. The Hall–Kier alpha value is -3.98. The van der Waals surface area contributed by atoms with Crippen LogP contribution in [0.4, 0.5) is 10.1 Å². The number of halogens is 1. The summed E-state index contributed by atoms with van der Waals surface area (Å²) in [6.07, 6.45) is 0.695. The molecule has 2 amide bonds. The van der Waals surface area contributed by atoms with E-state index in [2.05, 4.69) is 5.32 Å². The summed E-state index contributed by atoms with van der Waals surface area (Å²) >= 11 is 0. The van der Waals surface area contributed by atoms with Crippen molar-refractivity contribution in [2.45, 2.75) is 19.4 Å². The number of fused-ring (bicyclic) bond motifs is 1. The van der Waals surface area contributed by atoms with Crippen molar-refractivity contribution in [2.24, 2.45) is 0 Å². The zero-order chi connectivity index (χ0) is 22.0. The molecule has 1 aliphatic heterocycles. The highest BCUT2D eigenvalue weighted by Gasteiger charge is 2.26. The lowest BCUT2D eigenvalue weighted by atomic mass is 10.0. The van der Waals surface area contributed by atoms with E-state index in [0.717, 1.165) is 16.8 Å². The highest BCUT2D eigenvalue weighted by atomic mass is 19.1. The second-order valence-electron chi connectivity index (χ2n) is 7.49. The van der Waals surface area contributed by atoms with Gasteiger partial charge in [-0.1, -0.05) is 18.2 Å². The average molecular weight is 413 g/mol. The Balaban J connectivity index is 1.49. The minimum Gasteiger partial charge on any atom is -0.346 e. The second kappa shape index (κ2) is 8.41. The van der Waals surface area contributed by atoms with Crippen LogP contribution in [0, 0.1) is 17.1 Å². The monoisotopic (exact) mass is 413 g/mol. The number of carbonyl (C=O) groups excluding carboxylic acids is 2. The van der Waals surface area contributed by atoms with Gasteiger partial charge in [0.2, 0.25) is 0 Å². The standard InChI is InChI=1S/C25H20FN3O2/c1-16(28-24(30)18-7-5-17(15-27)6-8-18)19-9-10-23-20(13-19)11-12-29(23)25(31)21-3-2-4-22(26)14-21/h2-10,13-14,16H,11-12H2,1H3,(H,28,30). The van der Waals surface area contributed by atoms with Gasteiger partial charge in [-0.05, 0) is 73.0 Å². The molecule has 31 heavy (non-hydrogen) atoms. The van der Waals surface area contributed by atoms with Crippen LogP contribution in [-0.4, -0.2) is 18.4 Å². The molecule has 0 aliphatic carbocycles. The zero-order valence-corrected chi connectivity index (χ0v) is 16.9. The normalized spacial score (nSPS) is 13.3. The van der Waals surface area contributed by atoms with Gasteiger partial charge in [0, 0.05) is 23.4 Å². The third-order valence-corrected chi connectivity index (χ3v) is 5.44. The topological polar surface area (TPSA) is 73.2 Å². The minimum atomic E-state index is -0.438. The van der Waals surface area contributed by atoms with Crippen molar-refractivity contribution in [1.82, 2.24) is 5.32 Å². The van der Waals surface area contributed by atoms with Gasteiger partial charge in [0.05, 0.1) is 17.7 Å². The van der Waals surface area contributed by atoms with Crippen LogP contribution in [0.2, 0.25) is 0 Å². The van der Waals surface area contributed by atoms with E-state index in [-0.39, 0.29) is 17.9 Å². The van der Waals surface area contributed by atoms with Crippen molar-refractivity contribution < 1.29 is 14.0 Å². The molecule has 0 saturated carbocycles.